The van der Waals surface area contributed by atoms with Crippen LogP contribution in [-0.4, -0.2) is 52.5 Å². The van der Waals surface area contributed by atoms with Crippen molar-refractivity contribution < 1.29 is 29.6 Å². The summed E-state index contributed by atoms with van der Waals surface area (Å²) in [5.41, 5.74) is 0. The SMILES string of the molecule is CCCCCCCC/C=C\CCCCCCCC(=O)O[C@@H](C=O)[C@@H](O)[C@H](O)CO. The molecule has 0 unspecified atom stereocenters. The second-order valence-corrected chi connectivity index (χ2v) is 7.67. The molecule has 3 atom stereocenters. The first-order valence-electron chi connectivity index (χ1n) is 11.3. The van der Waals surface area contributed by atoms with Gasteiger partial charge in [0.05, 0.1) is 6.61 Å². The minimum Gasteiger partial charge on any atom is -0.452 e. The Morgan fingerprint density at radius 3 is 1.90 bits per heavy atom. The first-order valence-corrected chi connectivity index (χ1v) is 11.3. The maximum atomic E-state index is 11.7. The Morgan fingerprint density at radius 1 is 0.862 bits per heavy atom. The van der Waals surface area contributed by atoms with Gasteiger partial charge in [-0.05, 0) is 32.1 Å². The molecule has 170 valence electrons. The third-order valence-electron chi connectivity index (χ3n) is 4.96. The molecule has 0 aromatic carbocycles. The summed E-state index contributed by atoms with van der Waals surface area (Å²) >= 11 is 0. The highest BCUT2D eigenvalue weighted by molar-refractivity contribution is 5.72. The molecule has 0 saturated heterocycles. The molecule has 0 spiro atoms. The number of carbonyl (C=O) groups excluding carboxylic acids is 2. The Bertz CT molecular complexity index is 424. The molecule has 0 aliphatic rings. The van der Waals surface area contributed by atoms with Crippen LogP contribution in [0.3, 0.4) is 0 Å². The minimum atomic E-state index is -1.62. The quantitative estimate of drug-likeness (QED) is 0.121. The number of aldehydes is 1. The molecule has 0 aromatic rings. The molecule has 3 N–H and O–H groups in total. The Hall–Kier alpha value is -1.24. The van der Waals surface area contributed by atoms with Gasteiger partial charge in [-0.25, -0.2) is 0 Å². The molecule has 0 aromatic heterocycles. The number of unbranched alkanes of at least 4 members (excludes halogenated alkanes) is 11. The van der Waals surface area contributed by atoms with Crippen molar-refractivity contribution in [1.29, 1.82) is 0 Å². The van der Waals surface area contributed by atoms with E-state index in [-0.39, 0.29) is 12.7 Å². The summed E-state index contributed by atoms with van der Waals surface area (Å²) in [5.74, 6) is -0.580. The zero-order valence-corrected chi connectivity index (χ0v) is 18.1. The van der Waals surface area contributed by atoms with Crippen LogP contribution in [0.15, 0.2) is 12.2 Å². The Labute approximate surface area is 176 Å². The summed E-state index contributed by atoms with van der Waals surface area (Å²) in [6, 6.07) is 0. The van der Waals surface area contributed by atoms with Crippen molar-refractivity contribution in [3.05, 3.63) is 12.2 Å². The second-order valence-electron chi connectivity index (χ2n) is 7.67. The number of aliphatic hydroxyl groups excluding tert-OH is 3. The van der Waals surface area contributed by atoms with Gasteiger partial charge in [0.15, 0.2) is 12.4 Å². The van der Waals surface area contributed by atoms with Gasteiger partial charge in [0.2, 0.25) is 0 Å². The summed E-state index contributed by atoms with van der Waals surface area (Å²) in [6.45, 7) is 1.53. The average molecular weight is 415 g/mol. The van der Waals surface area contributed by atoms with Gasteiger partial charge in [-0.3, -0.25) is 9.59 Å². The Balaban J connectivity index is 3.56. The lowest BCUT2D eigenvalue weighted by molar-refractivity contribution is -0.163. The molecule has 0 heterocycles. The first kappa shape index (κ1) is 27.8. The van der Waals surface area contributed by atoms with Crippen LogP contribution in [0.4, 0.5) is 0 Å². The number of rotatable bonds is 20. The zero-order valence-electron chi connectivity index (χ0n) is 18.1. The number of ether oxygens (including phenoxy) is 1. The highest BCUT2D eigenvalue weighted by Crippen LogP contribution is 2.11. The summed E-state index contributed by atoms with van der Waals surface area (Å²) in [5, 5.41) is 27.7. The molecule has 0 fully saturated rings. The number of hydrogen-bond acceptors (Lipinski definition) is 6. The van der Waals surface area contributed by atoms with Gasteiger partial charge in [0, 0.05) is 6.42 Å². The standard InChI is InChI=1S/C23H42O6/c1-2-3-4-5-6-7-8-9-10-11-12-13-14-15-16-17-22(27)29-21(19-25)23(28)20(26)18-24/h9-10,19-21,23-24,26,28H,2-8,11-18H2,1H3/b10-9-/t20-,21+,23+/m1/s1. The van der Waals surface area contributed by atoms with Gasteiger partial charge >= 0.3 is 5.97 Å². The van der Waals surface area contributed by atoms with Crippen molar-refractivity contribution in [2.45, 2.75) is 115 Å². The van der Waals surface area contributed by atoms with Crippen molar-refractivity contribution in [2.24, 2.45) is 0 Å². The van der Waals surface area contributed by atoms with Gasteiger partial charge in [-0.15, -0.1) is 0 Å². The summed E-state index contributed by atoms with van der Waals surface area (Å²) in [6.07, 6.45) is 15.6. The molecule has 0 aliphatic carbocycles. The van der Waals surface area contributed by atoms with Crippen LogP contribution in [0.2, 0.25) is 0 Å². The second kappa shape index (κ2) is 20.0. The molecule has 29 heavy (non-hydrogen) atoms. The predicted molar refractivity (Wildman–Crippen MR) is 114 cm³/mol. The van der Waals surface area contributed by atoms with Gasteiger partial charge in [0.25, 0.3) is 0 Å². The van der Waals surface area contributed by atoms with Gasteiger partial charge < -0.3 is 20.1 Å². The van der Waals surface area contributed by atoms with E-state index in [2.05, 4.69) is 19.1 Å². The van der Waals surface area contributed by atoms with E-state index < -0.39 is 30.9 Å². The minimum absolute atomic E-state index is 0.171. The van der Waals surface area contributed by atoms with Gasteiger partial charge in [0.1, 0.15) is 12.2 Å². The number of esters is 1. The fourth-order valence-electron chi connectivity index (χ4n) is 3.06. The molecule has 6 nitrogen and oxygen atoms in total. The maximum absolute atomic E-state index is 11.7. The molecule has 0 radical (unpaired) electrons. The molecular formula is C23H42O6. The Kier molecular flexibility index (Phi) is 19.2. The molecule has 0 amide bonds. The predicted octanol–water partition coefficient (Wildman–Crippen LogP) is 3.85. The lowest BCUT2D eigenvalue weighted by atomic mass is 10.1. The topological polar surface area (TPSA) is 104 Å². The van der Waals surface area contributed by atoms with Crippen molar-refractivity contribution in [2.75, 3.05) is 6.61 Å². The highest BCUT2D eigenvalue weighted by Gasteiger charge is 2.28. The number of allylic oxidation sites excluding steroid dienone is 2. The highest BCUT2D eigenvalue weighted by atomic mass is 16.6. The fourth-order valence-corrected chi connectivity index (χ4v) is 3.06. The van der Waals surface area contributed by atoms with Crippen LogP contribution in [-0.2, 0) is 14.3 Å². The van der Waals surface area contributed by atoms with E-state index in [4.69, 9.17) is 9.84 Å². The largest absolute Gasteiger partial charge is 0.452 e. The average Bonchev–Trinajstić information content (AvgIpc) is 2.73. The third-order valence-corrected chi connectivity index (χ3v) is 4.96. The van der Waals surface area contributed by atoms with Crippen LogP contribution in [0.1, 0.15) is 96.8 Å². The molecule has 6 heteroatoms. The van der Waals surface area contributed by atoms with Crippen LogP contribution in [0, 0.1) is 0 Å². The molecule has 0 bridgehead atoms. The van der Waals surface area contributed by atoms with Crippen LogP contribution in [0.25, 0.3) is 0 Å². The van der Waals surface area contributed by atoms with Crippen molar-refractivity contribution >= 4 is 12.3 Å². The van der Waals surface area contributed by atoms with E-state index in [9.17, 15) is 19.8 Å². The van der Waals surface area contributed by atoms with E-state index in [0.717, 1.165) is 32.1 Å². The number of hydrogen-bond donors (Lipinski definition) is 3. The normalized spacial score (nSPS) is 14.6. The number of carbonyl (C=O) groups is 2. The summed E-state index contributed by atoms with van der Waals surface area (Å²) < 4.78 is 4.87. The van der Waals surface area contributed by atoms with Gasteiger partial charge in [-0.2, -0.15) is 0 Å². The van der Waals surface area contributed by atoms with Crippen molar-refractivity contribution in [3.8, 4) is 0 Å². The van der Waals surface area contributed by atoms with E-state index in [0.29, 0.717) is 6.42 Å². The maximum Gasteiger partial charge on any atom is 0.306 e. The molecular weight excluding hydrogens is 372 g/mol. The zero-order chi connectivity index (χ0) is 21.7. The first-order chi connectivity index (χ1) is 14.1. The molecule has 0 saturated carbocycles. The molecule has 0 aliphatic heterocycles. The van der Waals surface area contributed by atoms with Gasteiger partial charge in [-0.1, -0.05) is 70.4 Å². The third kappa shape index (κ3) is 16.3. The van der Waals surface area contributed by atoms with E-state index in [1.54, 1.807) is 0 Å². The van der Waals surface area contributed by atoms with Crippen LogP contribution < -0.4 is 0 Å². The van der Waals surface area contributed by atoms with E-state index in [1.807, 2.05) is 0 Å². The smallest absolute Gasteiger partial charge is 0.306 e. The number of aliphatic hydroxyl groups is 3. The van der Waals surface area contributed by atoms with Crippen LogP contribution >= 0.6 is 0 Å². The Morgan fingerprint density at radius 2 is 1.38 bits per heavy atom. The van der Waals surface area contributed by atoms with Crippen molar-refractivity contribution in [1.82, 2.24) is 0 Å². The van der Waals surface area contributed by atoms with Crippen LogP contribution in [0.5, 0.6) is 0 Å². The van der Waals surface area contributed by atoms with E-state index >= 15 is 0 Å². The summed E-state index contributed by atoms with van der Waals surface area (Å²) in [4.78, 5) is 22.6. The fraction of sp³-hybridized carbons (Fsp3) is 0.826. The summed E-state index contributed by atoms with van der Waals surface area (Å²) in [7, 11) is 0. The lowest BCUT2D eigenvalue weighted by Crippen LogP contribution is -2.42. The van der Waals surface area contributed by atoms with Crippen molar-refractivity contribution in [3.63, 3.8) is 0 Å². The molecule has 0 rings (SSSR count). The lowest BCUT2D eigenvalue weighted by Gasteiger charge is -2.21. The monoisotopic (exact) mass is 414 g/mol. The van der Waals surface area contributed by atoms with E-state index in [1.165, 1.54) is 44.9 Å².